The minimum Gasteiger partial charge on any atom is -0.465 e. The Morgan fingerprint density at radius 3 is 2.00 bits per heavy atom. The highest BCUT2D eigenvalue weighted by Gasteiger charge is 2.28. The molecule has 0 aromatic heterocycles. The van der Waals surface area contributed by atoms with Crippen molar-refractivity contribution in [2.24, 2.45) is 11.3 Å². The highest BCUT2D eigenvalue weighted by atomic mass is 79.9. The van der Waals surface area contributed by atoms with Crippen LogP contribution >= 0.6 is 47.8 Å². The first-order valence-corrected chi connectivity index (χ1v) is 8.19. The van der Waals surface area contributed by atoms with Crippen molar-refractivity contribution in [1.82, 2.24) is 0 Å². The molecule has 0 rings (SSSR count). The number of halogens is 3. The molecule has 0 aliphatic carbocycles. The van der Waals surface area contributed by atoms with E-state index >= 15 is 0 Å². The number of hydrogen-bond acceptors (Lipinski definition) is 2. The molecule has 0 radical (unpaired) electrons. The average molecular weight is 409 g/mol. The van der Waals surface area contributed by atoms with Crippen LogP contribution in [-0.2, 0) is 9.53 Å². The molecule has 0 unspecified atom stereocenters. The van der Waals surface area contributed by atoms with Gasteiger partial charge in [-0.05, 0) is 5.92 Å². The van der Waals surface area contributed by atoms with Crippen molar-refractivity contribution in [2.45, 2.75) is 20.3 Å². The third-order valence-electron chi connectivity index (χ3n) is 1.96. The van der Waals surface area contributed by atoms with Crippen LogP contribution in [0.2, 0.25) is 0 Å². The largest absolute Gasteiger partial charge is 0.465 e. The molecule has 90 valence electrons. The zero-order valence-electron chi connectivity index (χ0n) is 9.06. The molecule has 0 bridgehead atoms. The molecule has 0 saturated carbocycles. The highest BCUT2D eigenvalue weighted by molar-refractivity contribution is 9.10. The van der Waals surface area contributed by atoms with Crippen molar-refractivity contribution < 1.29 is 9.53 Å². The maximum atomic E-state index is 11.4. The zero-order valence-corrected chi connectivity index (χ0v) is 13.8. The SMILES string of the molecule is CC(C)CC(=O)OCC(CBr)(CBr)CBr. The first kappa shape index (κ1) is 15.9. The molecule has 0 aromatic rings. The summed E-state index contributed by atoms with van der Waals surface area (Å²) in [6.45, 7) is 4.46. The molecule has 0 heterocycles. The molecule has 0 spiro atoms. The molecule has 0 aliphatic rings. The number of alkyl halides is 3. The third-order valence-corrected chi connectivity index (χ3v) is 5.53. The van der Waals surface area contributed by atoms with Crippen molar-refractivity contribution in [1.29, 1.82) is 0 Å². The van der Waals surface area contributed by atoms with Crippen LogP contribution in [0.3, 0.4) is 0 Å². The van der Waals surface area contributed by atoms with Gasteiger partial charge in [-0.2, -0.15) is 0 Å². The van der Waals surface area contributed by atoms with E-state index in [2.05, 4.69) is 47.8 Å². The first-order valence-electron chi connectivity index (χ1n) is 4.83. The van der Waals surface area contributed by atoms with Gasteiger partial charge in [0.1, 0.15) is 0 Å². The molecule has 0 N–H and O–H groups in total. The fourth-order valence-electron chi connectivity index (χ4n) is 0.849. The summed E-state index contributed by atoms with van der Waals surface area (Å²) in [4.78, 5) is 11.4. The van der Waals surface area contributed by atoms with E-state index in [9.17, 15) is 4.79 Å². The summed E-state index contributed by atoms with van der Waals surface area (Å²) >= 11 is 10.3. The summed E-state index contributed by atoms with van der Waals surface area (Å²) in [6, 6.07) is 0. The number of rotatable bonds is 7. The average Bonchev–Trinajstić information content (AvgIpc) is 2.20. The van der Waals surface area contributed by atoms with Crippen LogP contribution in [-0.4, -0.2) is 28.6 Å². The van der Waals surface area contributed by atoms with Crippen LogP contribution in [0.4, 0.5) is 0 Å². The van der Waals surface area contributed by atoms with Gasteiger partial charge in [-0.3, -0.25) is 4.79 Å². The topological polar surface area (TPSA) is 26.3 Å². The van der Waals surface area contributed by atoms with E-state index in [1.54, 1.807) is 0 Å². The Hall–Kier alpha value is 0.910. The molecule has 0 aliphatic heterocycles. The molecule has 0 saturated heterocycles. The summed E-state index contributed by atoms with van der Waals surface area (Å²) < 4.78 is 5.26. The number of esters is 1. The predicted octanol–water partition coefficient (Wildman–Crippen LogP) is 3.75. The quantitative estimate of drug-likeness (QED) is 0.473. The Kier molecular flexibility index (Phi) is 8.56. The Bertz CT molecular complexity index is 183. The van der Waals surface area contributed by atoms with Gasteiger partial charge in [0.05, 0.1) is 6.61 Å². The number of ether oxygens (including phenoxy) is 1. The molecule has 0 fully saturated rings. The summed E-state index contributed by atoms with van der Waals surface area (Å²) in [5, 5.41) is 2.39. The van der Waals surface area contributed by atoms with Crippen LogP contribution in [0, 0.1) is 11.3 Å². The molecular weight excluding hydrogens is 392 g/mol. The van der Waals surface area contributed by atoms with Gasteiger partial charge < -0.3 is 4.74 Å². The maximum absolute atomic E-state index is 11.4. The molecular formula is C10H17Br3O2. The normalized spacial score (nSPS) is 11.9. The van der Waals surface area contributed by atoms with Crippen molar-refractivity contribution in [2.75, 3.05) is 22.6 Å². The molecule has 0 atom stereocenters. The lowest BCUT2D eigenvalue weighted by Crippen LogP contribution is -2.33. The van der Waals surface area contributed by atoms with E-state index < -0.39 is 0 Å². The second-order valence-electron chi connectivity index (χ2n) is 4.16. The minimum atomic E-state index is -0.114. The smallest absolute Gasteiger partial charge is 0.306 e. The van der Waals surface area contributed by atoms with Gasteiger partial charge >= 0.3 is 5.97 Å². The van der Waals surface area contributed by atoms with Crippen molar-refractivity contribution >= 4 is 53.8 Å². The van der Waals surface area contributed by atoms with E-state index in [4.69, 9.17) is 4.74 Å². The lowest BCUT2D eigenvalue weighted by Gasteiger charge is -2.26. The fourth-order valence-corrected chi connectivity index (χ4v) is 4.12. The van der Waals surface area contributed by atoms with Gasteiger partial charge in [0.25, 0.3) is 0 Å². The number of carbonyl (C=O) groups excluding carboxylic acids is 1. The van der Waals surface area contributed by atoms with Crippen molar-refractivity contribution in [3.05, 3.63) is 0 Å². The Labute approximate surface area is 117 Å². The van der Waals surface area contributed by atoms with Crippen LogP contribution in [0.1, 0.15) is 20.3 Å². The van der Waals surface area contributed by atoms with E-state index in [0.29, 0.717) is 18.9 Å². The second kappa shape index (κ2) is 8.07. The van der Waals surface area contributed by atoms with E-state index in [0.717, 1.165) is 16.0 Å². The monoisotopic (exact) mass is 406 g/mol. The molecule has 5 heteroatoms. The van der Waals surface area contributed by atoms with Crippen LogP contribution in [0.5, 0.6) is 0 Å². The third kappa shape index (κ3) is 6.27. The lowest BCUT2D eigenvalue weighted by atomic mass is 9.98. The first-order chi connectivity index (χ1) is 6.99. The van der Waals surface area contributed by atoms with Crippen LogP contribution in [0.25, 0.3) is 0 Å². The molecule has 2 nitrogen and oxygen atoms in total. The Morgan fingerprint density at radius 1 is 1.20 bits per heavy atom. The van der Waals surface area contributed by atoms with Crippen molar-refractivity contribution in [3.8, 4) is 0 Å². The lowest BCUT2D eigenvalue weighted by molar-refractivity contribution is -0.146. The number of hydrogen-bond donors (Lipinski definition) is 0. The predicted molar refractivity (Wildman–Crippen MR) is 74.2 cm³/mol. The second-order valence-corrected chi connectivity index (χ2v) is 5.84. The van der Waals surface area contributed by atoms with Gasteiger partial charge in [0, 0.05) is 27.8 Å². The maximum Gasteiger partial charge on any atom is 0.306 e. The standard InChI is InChI=1S/C10H17Br3O2/c1-8(2)3-9(14)15-7-10(4-11,5-12)6-13/h8H,3-7H2,1-2H3. The summed E-state index contributed by atoms with van der Waals surface area (Å²) in [6.07, 6.45) is 0.489. The summed E-state index contributed by atoms with van der Waals surface area (Å²) in [7, 11) is 0. The molecule has 0 amide bonds. The number of carbonyl (C=O) groups is 1. The van der Waals surface area contributed by atoms with Gasteiger partial charge in [-0.1, -0.05) is 61.6 Å². The van der Waals surface area contributed by atoms with E-state index in [1.165, 1.54) is 0 Å². The van der Waals surface area contributed by atoms with Crippen LogP contribution < -0.4 is 0 Å². The van der Waals surface area contributed by atoms with E-state index in [1.807, 2.05) is 13.8 Å². The van der Waals surface area contributed by atoms with Gasteiger partial charge in [0.2, 0.25) is 0 Å². The molecule has 15 heavy (non-hydrogen) atoms. The summed E-state index contributed by atoms with van der Waals surface area (Å²) in [5.41, 5.74) is -0.0490. The fraction of sp³-hybridized carbons (Fsp3) is 0.900. The van der Waals surface area contributed by atoms with Gasteiger partial charge in [-0.15, -0.1) is 0 Å². The molecule has 0 aromatic carbocycles. The van der Waals surface area contributed by atoms with E-state index in [-0.39, 0.29) is 11.4 Å². The highest BCUT2D eigenvalue weighted by Crippen LogP contribution is 2.26. The minimum absolute atomic E-state index is 0.0490. The Morgan fingerprint density at radius 2 is 1.67 bits per heavy atom. The van der Waals surface area contributed by atoms with Gasteiger partial charge in [0.15, 0.2) is 0 Å². The Balaban J connectivity index is 4.05. The van der Waals surface area contributed by atoms with Crippen molar-refractivity contribution in [3.63, 3.8) is 0 Å². The van der Waals surface area contributed by atoms with Gasteiger partial charge in [-0.25, -0.2) is 0 Å². The summed E-state index contributed by atoms with van der Waals surface area (Å²) in [5.74, 6) is 0.237. The zero-order chi connectivity index (χ0) is 11.9. The van der Waals surface area contributed by atoms with Crippen LogP contribution in [0.15, 0.2) is 0 Å².